The number of benzene rings is 2. The molecule has 1 saturated heterocycles. The standard InChI is InChI=1S/C27H26N4O5/c1-27-15-13-24(33)31(27)22-8-4-3-6-20(22)26(34)30(27)17-14-23(32)29-21-7-5-16-28-25(21)36-19-11-9-18(35-2)10-12-19/h3-12,16H,13-15,17H2,1-2H3,(H,29,32). The molecule has 0 aliphatic carbocycles. The summed E-state index contributed by atoms with van der Waals surface area (Å²) < 4.78 is 11.0. The van der Waals surface area contributed by atoms with E-state index in [4.69, 9.17) is 9.47 Å². The van der Waals surface area contributed by atoms with E-state index in [1.54, 1.807) is 77.7 Å². The van der Waals surface area contributed by atoms with Crippen LogP contribution in [0.25, 0.3) is 0 Å². The first-order valence-electron chi connectivity index (χ1n) is 11.7. The third-order valence-corrected chi connectivity index (χ3v) is 6.63. The Morgan fingerprint density at radius 3 is 2.58 bits per heavy atom. The Balaban J connectivity index is 1.30. The number of carbonyl (C=O) groups excluding carboxylic acids is 3. The van der Waals surface area contributed by atoms with E-state index in [1.807, 2.05) is 13.0 Å². The number of nitrogens with zero attached hydrogens (tertiary/aromatic N) is 3. The summed E-state index contributed by atoms with van der Waals surface area (Å²) in [6, 6.07) is 17.5. The van der Waals surface area contributed by atoms with Crippen LogP contribution in [0.15, 0.2) is 66.9 Å². The lowest BCUT2D eigenvalue weighted by molar-refractivity contribution is -0.117. The molecule has 1 N–H and O–H groups in total. The summed E-state index contributed by atoms with van der Waals surface area (Å²) in [6.07, 6.45) is 2.48. The highest BCUT2D eigenvalue weighted by Gasteiger charge is 2.52. The van der Waals surface area contributed by atoms with E-state index < -0.39 is 5.66 Å². The van der Waals surface area contributed by atoms with Crippen molar-refractivity contribution in [3.05, 3.63) is 72.4 Å². The lowest BCUT2D eigenvalue weighted by Gasteiger charge is -2.48. The largest absolute Gasteiger partial charge is 0.497 e. The van der Waals surface area contributed by atoms with Gasteiger partial charge in [0.2, 0.25) is 17.7 Å². The van der Waals surface area contributed by atoms with Gasteiger partial charge in [0.15, 0.2) is 0 Å². The Morgan fingerprint density at radius 2 is 1.81 bits per heavy atom. The number of fused-ring (bicyclic) bond motifs is 3. The summed E-state index contributed by atoms with van der Waals surface area (Å²) in [6.45, 7) is 2.04. The van der Waals surface area contributed by atoms with Crippen LogP contribution in [-0.4, -0.2) is 46.9 Å². The Hall–Kier alpha value is -4.40. The Morgan fingerprint density at radius 1 is 1.06 bits per heavy atom. The van der Waals surface area contributed by atoms with Crippen molar-refractivity contribution in [1.82, 2.24) is 9.88 Å². The number of aromatic nitrogens is 1. The second-order valence-corrected chi connectivity index (χ2v) is 8.85. The van der Waals surface area contributed by atoms with Crippen molar-refractivity contribution in [2.75, 3.05) is 23.9 Å². The Labute approximate surface area is 208 Å². The molecular weight excluding hydrogens is 460 g/mol. The maximum absolute atomic E-state index is 13.4. The van der Waals surface area contributed by atoms with Gasteiger partial charge in [-0.05, 0) is 61.9 Å². The third-order valence-electron chi connectivity index (χ3n) is 6.63. The number of pyridine rings is 1. The molecule has 3 amide bonds. The smallest absolute Gasteiger partial charge is 0.257 e. The first-order chi connectivity index (χ1) is 17.4. The molecule has 1 atom stereocenters. The van der Waals surface area contributed by atoms with Crippen LogP contribution in [0.1, 0.15) is 36.5 Å². The lowest BCUT2D eigenvalue weighted by atomic mass is 9.98. The molecule has 2 aliphatic rings. The number of methoxy groups -OCH3 is 1. The summed E-state index contributed by atoms with van der Waals surface area (Å²) in [5.41, 5.74) is 0.703. The molecule has 0 bridgehead atoms. The van der Waals surface area contributed by atoms with Crippen molar-refractivity contribution in [3.63, 3.8) is 0 Å². The zero-order valence-electron chi connectivity index (χ0n) is 20.1. The van der Waals surface area contributed by atoms with Crippen LogP contribution >= 0.6 is 0 Å². The maximum atomic E-state index is 13.4. The van der Waals surface area contributed by atoms with Gasteiger partial charge < -0.3 is 19.7 Å². The lowest BCUT2D eigenvalue weighted by Crippen LogP contribution is -2.62. The number of para-hydroxylation sites is 1. The van der Waals surface area contributed by atoms with Gasteiger partial charge in [-0.2, -0.15) is 0 Å². The minimum Gasteiger partial charge on any atom is -0.497 e. The van der Waals surface area contributed by atoms with E-state index in [0.29, 0.717) is 41.3 Å². The maximum Gasteiger partial charge on any atom is 0.257 e. The van der Waals surface area contributed by atoms with Crippen molar-refractivity contribution in [2.45, 2.75) is 31.8 Å². The normalized spacial score (nSPS) is 18.5. The van der Waals surface area contributed by atoms with Crippen molar-refractivity contribution in [1.29, 1.82) is 0 Å². The molecule has 5 rings (SSSR count). The molecule has 36 heavy (non-hydrogen) atoms. The number of hydrogen-bond acceptors (Lipinski definition) is 6. The summed E-state index contributed by atoms with van der Waals surface area (Å²) >= 11 is 0. The molecule has 2 aliphatic heterocycles. The predicted octanol–water partition coefficient (Wildman–Crippen LogP) is 4.21. The van der Waals surface area contributed by atoms with E-state index in [-0.39, 0.29) is 36.6 Å². The van der Waals surface area contributed by atoms with Gasteiger partial charge in [-0.15, -0.1) is 0 Å². The van der Waals surface area contributed by atoms with Crippen LogP contribution < -0.4 is 19.7 Å². The van der Waals surface area contributed by atoms with E-state index in [0.717, 1.165) is 0 Å². The van der Waals surface area contributed by atoms with E-state index >= 15 is 0 Å². The molecule has 184 valence electrons. The van der Waals surface area contributed by atoms with Crippen molar-refractivity contribution in [2.24, 2.45) is 0 Å². The van der Waals surface area contributed by atoms with Crippen LogP contribution in [-0.2, 0) is 9.59 Å². The average molecular weight is 487 g/mol. The molecular formula is C27H26N4O5. The molecule has 1 fully saturated rings. The number of ether oxygens (including phenoxy) is 2. The van der Waals surface area contributed by atoms with Crippen molar-refractivity contribution < 1.29 is 23.9 Å². The fourth-order valence-corrected chi connectivity index (χ4v) is 4.79. The summed E-state index contributed by atoms with van der Waals surface area (Å²) in [5, 5.41) is 2.84. The highest BCUT2D eigenvalue weighted by Crippen LogP contribution is 2.44. The summed E-state index contributed by atoms with van der Waals surface area (Å²) in [5.74, 6) is 0.982. The number of carbonyl (C=O) groups is 3. The molecule has 0 radical (unpaired) electrons. The van der Waals surface area contributed by atoms with Crippen molar-refractivity contribution in [3.8, 4) is 17.4 Å². The number of hydrogen-bond donors (Lipinski definition) is 1. The highest BCUT2D eigenvalue weighted by molar-refractivity contribution is 6.10. The second-order valence-electron chi connectivity index (χ2n) is 8.85. The van der Waals surface area contributed by atoms with E-state index in [1.165, 1.54) is 0 Å². The SMILES string of the molecule is COc1ccc(Oc2ncccc2NC(=O)CCN2C(=O)c3ccccc3N3C(=O)CCC23C)cc1. The molecule has 9 heteroatoms. The van der Waals surface area contributed by atoms with Gasteiger partial charge in [-0.25, -0.2) is 4.98 Å². The summed E-state index contributed by atoms with van der Waals surface area (Å²) in [4.78, 5) is 46.6. The fraction of sp³-hybridized carbons (Fsp3) is 0.259. The first-order valence-corrected chi connectivity index (χ1v) is 11.7. The van der Waals surface area contributed by atoms with Crippen molar-refractivity contribution >= 4 is 29.1 Å². The number of amides is 3. The number of rotatable bonds is 7. The fourth-order valence-electron chi connectivity index (χ4n) is 4.79. The van der Waals surface area contributed by atoms with Gasteiger partial charge in [0, 0.05) is 25.6 Å². The van der Waals surface area contributed by atoms with Crippen LogP contribution in [0.3, 0.4) is 0 Å². The van der Waals surface area contributed by atoms with E-state index in [2.05, 4.69) is 10.3 Å². The van der Waals surface area contributed by atoms with Crippen LogP contribution in [0, 0.1) is 0 Å². The Bertz CT molecular complexity index is 1330. The monoisotopic (exact) mass is 486 g/mol. The third kappa shape index (κ3) is 4.13. The number of anilines is 2. The average Bonchev–Trinajstić information content (AvgIpc) is 3.20. The highest BCUT2D eigenvalue weighted by atomic mass is 16.5. The van der Waals surface area contributed by atoms with Gasteiger partial charge in [0.25, 0.3) is 5.91 Å². The zero-order valence-corrected chi connectivity index (χ0v) is 20.1. The second kappa shape index (κ2) is 9.33. The molecule has 0 spiro atoms. The molecule has 1 aromatic heterocycles. The summed E-state index contributed by atoms with van der Waals surface area (Å²) in [7, 11) is 1.58. The predicted molar refractivity (Wildman–Crippen MR) is 133 cm³/mol. The van der Waals surface area contributed by atoms with Gasteiger partial charge in [-0.1, -0.05) is 12.1 Å². The molecule has 3 aromatic rings. The topological polar surface area (TPSA) is 101 Å². The van der Waals surface area contributed by atoms with Crippen LogP contribution in [0.2, 0.25) is 0 Å². The Kier molecular flexibility index (Phi) is 6.05. The van der Waals surface area contributed by atoms with Gasteiger partial charge in [-0.3, -0.25) is 19.3 Å². The minimum absolute atomic E-state index is 0.0254. The van der Waals surface area contributed by atoms with E-state index in [9.17, 15) is 14.4 Å². The van der Waals surface area contributed by atoms with Crippen LogP contribution in [0.5, 0.6) is 17.4 Å². The molecule has 2 aromatic carbocycles. The van der Waals surface area contributed by atoms with Gasteiger partial charge in [0.05, 0.1) is 18.4 Å². The first kappa shape index (κ1) is 23.3. The number of nitrogens with one attached hydrogen (secondary N) is 1. The molecule has 9 nitrogen and oxygen atoms in total. The molecule has 1 unspecified atom stereocenters. The zero-order chi connectivity index (χ0) is 25.3. The van der Waals surface area contributed by atoms with Crippen LogP contribution in [0.4, 0.5) is 11.4 Å². The quantitative estimate of drug-likeness (QED) is 0.537. The van der Waals surface area contributed by atoms with Gasteiger partial charge in [0.1, 0.15) is 22.8 Å². The van der Waals surface area contributed by atoms with Gasteiger partial charge >= 0.3 is 0 Å². The minimum atomic E-state index is -0.806. The molecule has 3 heterocycles. The molecule has 0 saturated carbocycles.